The summed E-state index contributed by atoms with van der Waals surface area (Å²) in [6.07, 6.45) is -3.09. The van der Waals surface area contributed by atoms with E-state index in [1.54, 1.807) is 43.4 Å². The number of hydrogen-bond donors (Lipinski definition) is 3. The van der Waals surface area contributed by atoms with Crippen LogP contribution in [0.4, 0.5) is 11.4 Å². The van der Waals surface area contributed by atoms with Crippen molar-refractivity contribution in [2.75, 3.05) is 23.4 Å². The molecule has 0 radical (unpaired) electrons. The van der Waals surface area contributed by atoms with Crippen LogP contribution in [0.2, 0.25) is 0 Å². The number of ether oxygens (including phenoxy) is 1. The number of benzene rings is 2. The van der Waals surface area contributed by atoms with Gasteiger partial charge in [0.1, 0.15) is 5.84 Å². The molecule has 2 aromatic carbocycles. The number of aliphatic hydroxyl groups is 1. The Balaban J connectivity index is 1.35. The largest absolute Gasteiger partial charge is 0.383 e. The number of nitrogens with two attached hydrogens (primary N) is 1. The summed E-state index contributed by atoms with van der Waals surface area (Å²) in [5.74, 6) is -0.921. The van der Waals surface area contributed by atoms with Gasteiger partial charge in [0.2, 0.25) is 0 Å². The Morgan fingerprint density at radius 2 is 2.00 bits per heavy atom. The van der Waals surface area contributed by atoms with Crippen LogP contribution in [0.25, 0.3) is 10.9 Å². The van der Waals surface area contributed by atoms with E-state index in [2.05, 4.69) is 10.3 Å². The number of amidine groups is 1. The summed E-state index contributed by atoms with van der Waals surface area (Å²) in [6, 6.07) is 13.7. The molecule has 5 rings (SSSR count). The highest BCUT2D eigenvalue weighted by Crippen LogP contribution is 2.25. The van der Waals surface area contributed by atoms with Gasteiger partial charge < -0.3 is 30.4 Å². The number of nitrogens with one attached hydrogen (secondary N) is 1. The smallest absolute Gasteiger partial charge is 0.259 e. The molecule has 10 heteroatoms. The van der Waals surface area contributed by atoms with Crippen LogP contribution in [0, 0.1) is 0 Å². The van der Waals surface area contributed by atoms with E-state index in [9.17, 15) is 19.5 Å². The van der Waals surface area contributed by atoms with Gasteiger partial charge in [-0.25, -0.2) is 0 Å². The predicted octanol–water partition coefficient (Wildman–Crippen LogP) is 0.489. The minimum atomic E-state index is -1.72. The molecule has 1 aromatic heterocycles. The van der Waals surface area contributed by atoms with Gasteiger partial charge >= 0.3 is 0 Å². The minimum absolute atomic E-state index is 0.137. The van der Waals surface area contributed by atoms with Crippen molar-refractivity contribution in [3.63, 3.8) is 0 Å². The fourth-order valence-corrected chi connectivity index (χ4v) is 4.25. The van der Waals surface area contributed by atoms with E-state index in [1.165, 1.54) is 15.5 Å². The summed E-state index contributed by atoms with van der Waals surface area (Å²) in [6.45, 7) is 0.874. The van der Waals surface area contributed by atoms with Crippen molar-refractivity contribution in [3.05, 3.63) is 70.0 Å². The molecule has 0 spiro atoms. The van der Waals surface area contributed by atoms with Crippen molar-refractivity contribution in [2.24, 2.45) is 17.8 Å². The lowest BCUT2D eigenvalue weighted by atomic mass is 10.1. The van der Waals surface area contributed by atoms with E-state index in [0.717, 1.165) is 16.5 Å². The molecule has 2 atom stereocenters. The molecular formula is C24H23N5O5. The number of hydrogen-bond acceptors (Lipinski definition) is 7. The average Bonchev–Trinajstić information content (AvgIpc) is 3.21. The lowest BCUT2D eigenvalue weighted by Crippen LogP contribution is -2.55. The number of aromatic nitrogens is 1. The molecule has 0 aliphatic carbocycles. The second kappa shape index (κ2) is 8.40. The number of anilines is 2. The zero-order valence-electron chi connectivity index (χ0n) is 18.4. The molecule has 0 bridgehead atoms. The van der Waals surface area contributed by atoms with E-state index < -0.39 is 24.0 Å². The number of rotatable bonds is 4. The number of aliphatic hydroxyl groups excluding tert-OH is 1. The molecule has 2 amide bonds. The lowest BCUT2D eigenvalue weighted by molar-refractivity contribution is -0.150. The lowest BCUT2D eigenvalue weighted by Gasteiger charge is -2.34. The first-order valence-electron chi connectivity index (χ1n) is 10.8. The minimum Gasteiger partial charge on any atom is -0.383 e. The second-order valence-corrected chi connectivity index (χ2v) is 8.26. The Morgan fingerprint density at radius 1 is 1.21 bits per heavy atom. The molecule has 174 valence electrons. The third kappa shape index (κ3) is 3.72. The monoisotopic (exact) mass is 461 g/mol. The van der Waals surface area contributed by atoms with Crippen molar-refractivity contribution in [2.45, 2.75) is 18.8 Å². The number of aryl methyl sites for hydroxylation is 1. The van der Waals surface area contributed by atoms with Gasteiger partial charge in [0.15, 0.2) is 12.2 Å². The Labute approximate surface area is 194 Å². The topological polar surface area (TPSA) is 139 Å². The number of pyridine rings is 1. The van der Waals surface area contributed by atoms with Crippen LogP contribution in [0.5, 0.6) is 0 Å². The first-order chi connectivity index (χ1) is 16.3. The highest BCUT2D eigenvalue weighted by atomic mass is 16.5. The summed E-state index contributed by atoms with van der Waals surface area (Å²) in [4.78, 5) is 43.5. The van der Waals surface area contributed by atoms with Gasteiger partial charge in [-0.2, -0.15) is 0 Å². The second-order valence-electron chi connectivity index (χ2n) is 8.26. The Bertz CT molecular complexity index is 1410. The first kappa shape index (κ1) is 21.8. The van der Waals surface area contributed by atoms with Gasteiger partial charge in [0, 0.05) is 36.6 Å². The quantitative estimate of drug-likeness (QED) is 0.517. The molecule has 1 fully saturated rings. The van der Waals surface area contributed by atoms with E-state index in [0.29, 0.717) is 29.3 Å². The molecule has 0 unspecified atom stereocenters. The van der Waals surface area contributed by atoms with Gasteiger partial charge in [-0.3, -0.25) is 19.4 Å². The van der Waals surface area contributed by atoms with Crippen LogP contribution in [0.3, 0.4) is 0 Å². The maximum atomic E-state index is 13.2. The van der Waals surface area contributed by atoms with Crippen molar-refractivity contribution in [1.29, 1.82) is 0 Å². The summed E-state index contributed by atoms with van der Waals surface area (Å²) >= 11 is 0. The molecule has 4 N–H and O–H groups in total. The van der Waals surface area contributed by atoms with Crippen LogP contribution >= 0.6 is 0 Å². The zero-order chi connectivity index (χ0) is 24.0. The molecule has 1 saturated heterocycles. The molecule has 34 heavy (non-hydrogen) atoms. The van der Waals surface area contributed by atoms with E-state index >= 15 is 0 Å². The number of aliphatic imine (C=N–C) groups is 1. The van der Waals surface area contributed by atoms with Crippen molar-refractivity contribution in [3.8, 4) is 0 Å². The molecular weight excluding hydrogens is 438 g/mol. The Hall–Kier alpha value is -4.02. The number of amides is 2. The number of nitrogens with zero attached hydrogens (tertiary/aromatic N) is 3. The fourth-order valence-electron chi connectivity index (χ4n) is 4.25. The first-order valence-corrected chi connectivity index (χ1v) is 10.8. The normalized spacial score (nSPS) is 18.5. The van der Waals surface area contributed by atoms with Crippen molar-refractivity contribution in [1.82, 2.24) is 4.57 Å². The summed E-state index contributed by atoms with van der Waals surface area (Å²) in [5, 5.41) is 14.1. The Kier molecular flexibility index (Phi) is 5.39. The standard InChI is InChI=1S/C24H23N5O5/c1-28-18-11-16(6-3-13(18)4-7-19(28)30)29-8-9-34-21(24(29)33)20(31)23(32)27-15-5-2-14-12-26-22(25)17(14)10-15/h2-7,10-11,20-21,31H,8-9,12H2,1H3,(H2,25,26)(H,27,32)/t20-,21-/m1/s1. The molecule has 0 saturated carbocycles. The third-order valence-corrected chi connectivity index (χ3v) is 6.17. The van der Waals surface area contributed by atoms with Gasteiger partial charge in [-0.15, -0.1) is 0 Å². The van der Waals surface area contributed by atoms with Crippen LogP contribution in [0.1, 0.15) is 11.1 Å². The SMILES string of the molecule is Cn1c(=O)ccc2ccc(N3CCO[C@H]([C@@H](O)C(=O)Nc4ccc5c(c4)C(N)=NC5)C3=O)cc21. The molecule has 2 aliphatic rings. The fraction of sp³-hybridized carbons (Fsp3) is 0.250. The van der Waals surface area contributed by atoms with Gasteiger partial charge in [0.05, 0.1) is 18.7 Å². The molecule has 3 heterocycles. The van der Waals surface area contributed by atoms with E-state index in [-0.39, 0.29) is 18.7 Å². The number of carbonyl (C=O) groups is 2. The summed E-state index contributed by atoms with van der Waals surface area (Å²) < 4.78 is 6.99. The Morgan fingerprint density at radius 3 is 2.82 bits per heavy atom. The van der Waals surface area contributed by atoms with Crippen molar-refractivity contribution >= 4 is 39.9 Å². The number of carbonyl (C=O) groups excluding carboxylic acids is 2. The third-order valence-electron chi connectivity index (χ3n) is 6.17. The van der Waals surface area contributed by atoms with Crippen LogP contribution in [-0.4, -0.2) is 52.7 Å². The van der Waals surface area contributed by atoms with Gasteiger partial charge in [0.25, 0.3) is 17.4 Å². The van der Waals surface area contributed by atoms with Crippen LogP contribution < -0.4 is 21.5 Å². The molecule has 10 nitrogen and oxygen atoms in total. The maximum Gasteiger partial charge on any atom is 0.259 e. The van der Waals surface area contributed by atoms with E-state index in [1.807, 2.05) is 6.07 Å². The predicted molar refractivity (Wildman–Crippen MR) is 127 cm³/mol. The highest BCUT2D eigenvalue weighted by Gasteiger charge is 2.39. The average molecular weight is 461 g/mol. The summed E-state index contributed by atoms with van der Waals surface area (Å²) in [5.41, 5.74) is 9.02. The van der Waals surface area contributed by atoms with Crippen LogP contribution in [0.15, 0.2) is 58.3 Å². The molecule has 3 aromatic rings. The van der Waals surface area contributed by atoms with Gasteiger partial charge in [-0.1, -0.05) is 12.1 Å². The van der Waals surface area contributed by atoms with Crippen LogP contribution in [-0.2, 0) is 27.9 Å². The van der Waals surface area contributed by atoms with Gasteiger partial charge in [-0.05, 0) is 41.3 Å². The van der Waals surface area contributed by atoms with Crippen molar-refractivity contribution < 1.29 is 19.4 Å². The molecule has 2 aliphatic heterocycles. The maximum absolute atomic E-state index is 13.2. The number of fused-ring (bicyclic) bond motifs is 2. The zero-order valence-corrected chi connectivity index (χ0v) is 18.4. The summed E-state index contributed by atoms with van der Waals surface area (Å²) in [7, 11) is 1.66. The highest BCUT2D eigenvalue weighted by molar-refractivity contribution is 6.06. The number of morpholine rings is 1. The van der Waals surface area contributed by atoms with E-state index in [4.69, 9.17) is 10.5 Å².